The van der Waals surface area contributed by atoms with Crippen LogP contribution in [-0.4, -0.2) is 34.8 Å². The maximum Gasteiger partial charge on any atom is 0.333 e. The van der Waals surface area contributed by atoms with E-state index in [1.54, 1.807) is 37.5 Å². The zero-order valence-electron chi connectivity index (χ0n) is 21.2. The van der Waals surface area contributed by atoms with Crippen molar-refractivity contribution in [3.63, 3.8) is 0 Å². The van der Waals surface area contributed by atoms with Crippen molar-refractivity contribution in [1.82, 2.24) is 4.90 Å². The van der Waals surface area contributed by atoms with Gasteiger partial charge >= 0.3 is 5.97 Å². The molecule has 0 bridgehead atoms. The summed E-state index contributed by atoms with van der Waals surface area (Å²) in [5.74, 6) is 0.0832. The molecule has 0 N–H and O–H groups in total. The molecule has 6 nitrogen and oxygen atoms in total. The Morgan fingerprint density at radius 1 is 1.15 bits per heavy atom. The van der Waals surface area contributed by atoms with Gasteiger partial charge in [-0.2, -0.15) is 0 Å². The second-order valence-electron chi connectivity index (χ2n) is 8.45. The van der Waals surface area contributed by atoms with Crippen LogP contribution in [0.15, 0.2) is 76.1 Å². The third-order valence-electron chi connectivity index (χ3n) is 5.75. The smallest absolute Gasteiger partial charge is 0.333 e. The predicted molar refractivity (Wildman–Crippen MR) is 162 cm³/mol. The lowest BCUT2D eigenvalue weighted by molar-refractivity contribution is -0.151. The number of nitrogens with zero attached hydrogens (tertiary/aromatic N) is 1. The highest BCUT2D eigenvalue weighted by Crippen LogP contribution is 2.41. The minimum atomic E-state index is -0.974. The fourth-order valence-corrected chi connectivity index (χ4v) is 5.97. The number of hydrogen-bond acceptors (Lipinski definition) is 7. The minimum Gasteiger partial charge on any atom is -0.493 e. The third-order valence-corrected chi connectivity index (χ3v) is 8.04. The second kappa shape index (κ2) is 13.5. The van der Waals surface area contributed by atoms with Gasteiger partial charge in [0.1, 0.15) is 10.9 Å². The molecule has 0 radical (unpaired) electrons. The molecule has 3 aromatic carbocycles. The Morgan fingerprint density at radius 3 is 2.56 bits per heavy atom. The van der Waals surface area contributed by atoms with Gasteiger partial charge in [0.05, 0.1) is 23.1 Å². The second-order valence-corrected chi connectivity index (χ2v) is 11.4. The predicted octanol–water partition coefficient (Wildman–Crippen LogP) is 7.59. The van der Waals surface area contributed by atoms with Crippen LogP contribution >= 0.6 is 51.5 Å². The van der Waals surface area contributed by atoms with E-state index in [1.807, 2.05) is 49.4 Å². The summed E-state index contributed by atoms with van der Waals surface area (Å²) in [5, 5.41) is 0.610. The van der Waals surface area contributed by atoms with E-state index < -0.39 is 12.0 Å². The van der Waals surface area contributed by atoms with Crippen LogP contribution in [0.25, 0.3) is 6.08 Å². The molecule has 1 fully saturated rings. The van der Waals surface area contributed by atoms with Gasteiger partial charge in [0.25, 0.3) is 5.91 Å². The first kappa shape index (κ1) is 29.1. The van der Waals surface area contributed by atoms with Crippen LogP contribution in [0.5, 0.6) is 11.5 Å². The summed E-state index contributed by atoms with van der Waals surface area (Å²) in [5.41, 5.74) is 2.15. The first-order valence-electron chi connectivity index (χ1n) is 12.1. The topological polar surface area (TPSA) is 65.1 Å². The van der Waals surface area contributed by atoms with Crippen molar-refractivity contribution < 1.29 is 23.8 Å². The van der Waals surface area contributed by atoms with Crippen LogP contribution in [-0.2, 0) is 20.9 Å². The average Bonchev–Trinajstić information content (AvgIpc) is 3.20. The van der Waals surface area contributed by atoms with Crippen molar-refractivity contribution in [3.8, 4) is 11.5 Å². The van der Waals surface area contributed by atoms with E-state index in [0.29, 0.717) is 43.4 Å². The molecule has 1 aliphatic heterocycles. The number of benzene rings is 3. The zero-order chi connectivity index (χ0) is 27.9. The summed E-state index contributed by atoms with van der Waals surface area (Å²) in [6.07, 6.45) is 2.38. The quantitative estimate of drug-likeness (QED) is 0.128. The van der Waals surface area contributed by atoms with E-state index >= 15 is 0 Å². The number of thiocarbonyl (C=S) groups is 1. The van der Waals surface area contributed by atoms with E-state index in [1.165, 1.54) is 4.90 Å². The van der Waals surface area contributed by atoms with E-state index in [2.05, 4.69) is 15.9 Å². The van der Waals surface area contributed by atoms with Gasteiger partial charge in [-0.25, -0.2) is 4.79 Å². The fourth-order valence-electron chi connectivity index (χ4n) is 3.89. The van der Waals surface area contributed by atoms with Gasteiger partial charge in [-0.3, -0.25) is 9.69 Å². The van der Waals surface area contributed by atoms with Crippen LogP contribution < -0.4 is 9.47 Å². The van der Waals surface area contributed by atoms with E-state index in [9.17, 15) is 9.59 Å². The molecule has 1 amide bonds. The van der Waals surface area contributed by atoms with Gasteiger partial charge in [-0.1, -0.05) is 91.0 Å². The first-order valence-corrected chi connectivity index (χ1v) is 14.5. The monoisotopic (exact) mass is 645 g/mol. The highest BCUT2D eigenvalue weighted by Gasteiger charge is 2.42. The molecule has 10 heteroatoms. The van der Waals surface area contributed by atoms with Gasteiger partial charge in [-0.05, 0) is 57.8 Å². The van der Waals surface area contributed by atoms with Gasteiger partial charge in [0.15, 0.2) is 17.5 Å². The maximum atomic E-state index is 13.6. The number of hydrogen-bond donors (Lipinski definition) is 0. The normalized spacial score (nSPS) is 15.0. The largest absolute Gasteiger partial charge is 0.493 e. The molecule has 1 saturated heterocycles. The van der Waals surface area contributed by atoms with Crippen molar-refractivity contribution in [1.29, 1.82) is 0 Å². The standard InChI is InChI=1S/C29H25BrClNO5S2/c1-3-13-36-28(34)25(19-9-5-4-6-10-19)32-27(33)24(39-29(32)38)16-18-14-21(30)26(23(15-18)35-2)37-17-20-11-7-8-12-22(20)31/h4-12,14-16,25H,3,13,17H2,1-2H3/b24-16-. The van der Waals surface area contributed by atoms with Gasteiger partial charge in [0.2, 0.25) is 0 Å². The molecule has 4 rings (SSSR count). The Bertz CT molecular complexity index is 1420. The van der Waals surface area contributed by atoms with Gasteiger partial charge in [0, 0.05) is 10.6 Å². The lowest BCUT2D eigenvalue weighted by Crippen LogP contribution is -2.38. The first-order chi connectivity index (χ1) is 18.8. The molecule has 202 valence electrons. The van der Waals surface area contributed by atoms with Crippen LogP contribution in [0, 0.1) is 0 Å². The Labute approximate surface area is 250 Å². The van der Waals surface area contributed by atoms with Crippen molar-refractivity contribution in [3.05, 3.63) is 97.8 Å². The highest BCUT2D eigenvalue weighted by molar-refractivity contribution is 9.10. The highest BCUT2D eigenvalue weighted by atomic mass is 79.9. The molecule has 0 aromatic heterocycles. The summed E-state index contributed by atoms with van der Waals surface area (Å²) in [4.78, 5) is 28.3. The third kappa shape index (κ3) is 6.84. The van der Waals surface area contributed by atoms with Crippen LogP contribution in [0.3, 0.4) is 0 Å². The maximum absolute atomic E-state index is 13.6. The van der Waals surface area contributed by atoms with E-state index in [0.717, 1.165) is 17.3 Å². The lowest BCUT2D eigenvalue weighted by atomic mass is 10.1. The van der Waals surface area contributed by atoms with Crippen molar-refractivity contribution in [2.75, 3.05) is 13.7 Å². The summed E-state index contributed by atoms with van der Waals surface area (Å²) in [6, 6.07) is 19.1. The number of ether oxygens (including phenoxy) is 3. The molecule has 1 aliphatic rings. The Balaban J connectivity index is 1.61. The molecular formula is C29H25BrClNO5S2. The van der Waals surface area contributed by atoms with Crippen LogP contribution in [0.2, 0.25) is 5.02 Å². The van der Waals surface area contributed by atoms with Gasteiger partial charge in [-0.15, -0.1) is 0 Å². The summed E-state index contributed by atoms with van der Waals surface area (Å²) < 4.78 is 17.9. The Hall–Kier alpha value is -2.85. The average molecular weight is 647 g/mol. The number of carbonyl (C=O) groups excluding carboxylic acids is 2. The molecule has 0 aliphatic carbocycles. The Morgan fingerprint density at radius 2 is 1.87 bits per heavy atom. The molecule has 3 aromatic rings. The summed E-state index contributed by atoms with van der Waals surface area (Å²) >= 11 is 16.5. The molecule has 0 spiro atoms. The number of halogens is 2. The molecule has 39 heavy (non-hydrogen) atoms. The van der Waals surface area contributed by atoms with Crippen LogP contribution in [0.4, 0.5) is 0 Å². The molecule has 1 unspecified atom stereocenters. The zero-order valence-corrected chi connectivity index (χ0v) is 25.2. The SMILES string of the molecule is CCCOC(=O)C(c1ccccc1)N1C(=O)/C(=C/c2cc(Br)c(OCc3ccccc3Cl)c(OC)c2)SC1=S. The van der Waals surface area contributed by atoms with Crippen LogP contribution in [0.1, 0.15) is 36.1 Å². The molecular weight excluding hydrogens is 622 g/mol. The molecule has 0 saturated carbocycles. The fraction of sp³-hybridized carbons (Fsp3) is 0.207. The number of carbonyl (C=O) groups is 2. The summed E-state index contributed by atoms with van der Waals surface area (Å²) in [7, 11) is 1.54. The molecule has 1 atom stereocenters. The van der Waals surface area contributed by atoms with Gasteiger partial charge < -0.3 is 14.2 Å². The Kier molecular flexibility index (Phi) is 10.1. The van der Waals surface area contributed by atoms with E-state index in [4.69, 9.17) is 38.0 Å². The molecule has 1 heterocycles. The van der Waals surface area contributed by atoms with E-state index in [-0.39, 0.29) is 23.4 Å². The number of esters is 1. The van der Waals surface area contributed by atoms with Crippen molar-refractivity contribution >= 4 is 73.8 Å². The van der Waals surface area contributed by atoms with Crippen molar-refractivity contribution in [2.24, 2.45) is 0 Å². The lowest BCUT2D eigenvalue weighted by Gasteiger charge is -2.25. The number of rotatable bonds is 10. The van der Waals surface area contributed by atoms with Crippen molar-refractivity contribution in [2.45, 2.75) is 26.0 Å². The minimum absolute atomic E-state index is 0.252. The number of amides is 1. The summed E-state index contributed by atoms with van der Waals surface area (Å²) in [6.45, 7) is 2.42. The number of thioether (sulfide) groups is 1. The number of methoxy groups -OCH3 is 1.